The third kappa shape index (κ3) is 3.29. The highest BCUT2D eigenvalue weighted by Gasteiger charge is 2.14. The number of rotatable bonds is 4. The van der Waals surface area contributed by atoms with E-state index in [-0.39, 0.29) is 0 Å². The summed E-state index contributed by atoms with van der Waals surface area (Å²) in [7, 11) is 0. The summed E-state index contributed by atoms with van der Waals surface area (Å²) in [5, 5.41) is 17.5. The van der Waals surface area contributed by atoms with Crippen molar-refractivity contribution in [1.29, 1.82) is 5.26 Å². The predicted molar refractivity (Wildman–Crippen MR) is 89.4 cm³/mol. The molecule has 0 spiro atoms. The van der Waals surface area contributed by atoms with Crippen LogP contribution < -0.4 is 0 Å². The molecule has 3 rings (SSSR count). The monoisotopic (exact) mass is 302 g/mol. The van der Waals surface area contributed by atoms with Crippen LogP contribution in [0.25, 0.3) is 5.69 Å². The zero-order valence-corrected chi connectivity index (χ0v) is 13.3. The van der Waals surface area contributed by atoms with Crippen LogP contribution in [0.2, 0.25) is 0 Å². The molecule has 0 aliphatic rings. The SMILES string of the molecule is Cc1ccc(CCc2c(C#N)nnn2-c2cccc(C)c2)cc1. The number of aryl methyl sites for hydroxylation is 3. The van der Waals surface area contributed by atoms with Crippen LogP contribution in [0.1, 0.15) is 28.1 Å². The first-order chi connectivity index (χ1) is 11.2. The van der Waals surface area contributed by atoms with Gasteiger partial charge in [0.15, 0.2) is 5.69 Å². The van der Waals surface area contributed by atoms with Gasteiger partial charge in [-0.25, -0.2) is 4.68 Å². The molecule has 0 bridgehead atoms. The molecule has 3 aromatic rings. The van der Waals surface area contributed by atoms with Crippen molar-refractivity contribution in [3.63, 3.8) is 0 Å². The summed E-state index contributed by atoms with van der Waals surface area (Å²) in [6.45, 7) is 4.12. The molecule has 4 heteroatoms. The molecule has 0 unspecified atom stereocenters. The summed E-state index contributed by atoms with van der Waals surface area (Å²) in [5.41, 5.74) is 5.85. The highest BCUT2D eigenvalue weighted by molar-refractivity contribution is 5.39. The molecular formula is C19H18N4. The molecule has 0 amide bonds. The van der Waals surface area contributed by atoms with Gasteiger partial charge in [0.25, 0.3) is 0 Å². The summed E-state index contributed by atoms with van der Waals surface area (Å²) in [4.78, 5) is 0. The molecular weight excluding hydrogens is 284 g/mol. The van der Waals surface area contributed by atoms with E-state index in [0.29, 0.717) is 5.69 Å². The van der Waals surface area contributed by atoms with Crippen molar-refractivity contribution in [2.75, 3.05) is 0 Å². The molecule has 0 saturated heterocycles. The molecule has 114 valence electrons. The highest BCUT2D eigenvalue weighted by Crippen LogP contribution is 2.16. The molecule has 23 heavy (non-hydrogen) atoms. The second-order valence-corrected chi connectivity index (χ2v) is 5.73. The van der Waals surface area contributed by atoms with Crippen molar-refractivity contribution in [2.24, 2.45) is 0 Å². The van der Waals surface area contributed by atoms with E-state index in [0.717, 1.165) is 29.8 Å². The molecule has 0 N–H and O–H groups in total. The van der Waals surface area contributed by atoms with Crippen LogP contribution in [0.4, 0.5) is 0 Å². The third-order valence-electron chi connectivity index (χ3n) is 3.89. The number of benzene rings is 2. The van der Waals surface area contributed by atoms with E-state index in [1.54, 1.807) is 4.68 Å². The van der Waals surface area contributed by atoms with Crippen molar-refractivity contribution in [3.05, 3.63) is 76.6 Å². The Morgan fingerprint density at radius 2 is 1.78 bits per heavy atom. The summed E-state index contributed by atoms with van der Waals surface area (Å²) in [6.07, 6.45) is 1.58. The lowest BCUT2D eigenvalue weighted by Crippen LogP contribution is -2.05. The van der Waals surface area contributed by atoms with E-state index in [1.807, 2.05) is 31.2 Å². The topological polar surface area (TPSA) is 54.5 Å². The van der Waals surface area contributed by atoms with E-state index in [2.05, 4.69) is 47.6 Å². The fourth-order valence-corrected chi connectivity index (χ4v) is 2.60. The predicted octanol–water partition coefficient (Wildman–Crippen LogP) is 3.54. The van der Waals surface area contributed by atoms with Gasteiger partial charge in [-0.15, -0.1) is 5.10 Å². The standard InChI is InChI=1S/C19H18N4/c1-14-6-8-16(9-7-14)10-11-19-18(13-20)21-22-23(19)17-5-3-4-15(2)12-17/h3-9,12H,10-11H2,1-2H3. The van der Waals surface area contributed by atoms with Crippen LogP contribution in [0.5, 0.6) is 0 Å². The first-order valence-electron chi connectivity index (χ1n) is 7.64. The van der Waals surface area contributed by atoms with Crippen LogP contribution in [0.3, 0.4) is 0 Å². The maximum atomic E-state index is 9.30. The fraction of sp³-hybridized carbons (Fsp3) is 0.211. The van der Waals surface area contributed by atoms with E-state index in [4.69, 9.17) is 0 Å². The number of hydrogen-bond donors (Lipinski definition) is 0. The molecule has 0 aliphatic heterocycles. The molecule has 0 saturated carbocycles. The van der Waals surface area contributed by atoms with Crippen LogP contribution in [-0.2, 0) is 12.8 Å². The zero-order valence-electron chi connectivity index (χ0n) is 13.3. The zero-order chi connectivity index (χ0) is 16.2. The fourth-order valence-electron chi connectivity index (χ4n) is 2.60. The summed E-state index contributed by atoms with van der Waals surface area (Å²) < 4.78 is 1.78. The lowest BCUT2D eigenvalue weighted by atomic mass is 10.1. The average molecular weight is 302 g/mol. The Hall–Kier alpha value is -2.93. The van der Waals surface area contributed by atoms with E-state index >= 15 is 0 Å². The van der Waals surface area contributed by atoms with Gasteiger partial charge in [-0.3, -0.25) is 0 Å². The molecule has 0 fully saturated rings. The third-order valence-corrected chi connectivity index (χ3v) is 3.89. The van der Waals surface area contributed by atoms with Crippen molar-refractivity contribution in [2.45, 2.75) is 26.7 Å². The number of nitrogens with zero attached hydrogens (tertiary/aromatic N) is 4. The van der Waals surface area contributed by atoms with Crippen LogP contribution in [0, 0.1) is 25.2 Å². The van der Waals surface area contributed by atoms with Crippen LogP contribution in [-0.4, -0.2) is 15.0 Å². The van der Waals surface area contributed by atoms with Crippen molar-refractivity contribution in [3.8, 4) is 11.8 Å². The first kappa shape index (κ1) is 15.0. The Morgan fingerprint density at radius 1 is 1.00 bits per heavy atom. The van der Waals surface area contributed by atoms with Gasteiger partial charge < -0.3 is 0 Å². The largest absolute Gasteiger partial charge is 0.216 e. The molecule has 4 nitrogen and oxygen atoms in total. The van der Waals surface area contributed by atoms with Crippen LogP contribution >= 0.6 is 0 Å². The quantitative estimate of drug-likeness (QED) is 0.740. The van der Waals surface area contributed by atoms with Gasteiger partial charge in [0, 0.05) is 0 Å². The Morgan fingerprint density at radius 3 is 2.48 bits per heavy atom. The maximum absolute atomic E-state index is 9.30. The van der Waals surface area contributed by atoms with Gasteiger partial charge in [0.2, 0.25) is 0 Å². The second kappa shape index (κ2) is 6.45. The number of nitriles is 1. The lowest BCUT2D eigenvalue weighted by Gasteiger charge is -2.08. The minimum Gasteiger partial charge on any atom is -0.216 e. The smallest absolute Gasteiger partial charge is 0.186 e. The van der Waals surface area contributed by atoms with Crippen molar-refractivity contribution < 1.29 is 0 Å². The normalized spacial score (nSPS) is 10.5. The second-order valence-electron chi connectivity index (χ2n) is 5.73. The number of hydrogen-bond acceptors (Lipinski definition) is 3. The molecule has 1 heterocycles. The minimum atomic E-state index is 0.401. The highest BCUT2D eigenvalue weighted by atomic mass is 15.4. The first-order valence-corrected chi connectivity index (χ1v) is 7.64. The van der Waals surface area contributed by atoms with Crippen LogP contribution in [0.15, 0.2) is 48.5 Å². The van der Waals surface area contributed by atoms with E-state index in [1.165, 1.54) is 11.1 Å². The molecule has 1 aromatic heterocycles. The van der Waals surface area contributed by atoms with Gasteiger partial charge in [0.05, 0.1) is 11.4 Å². The summed E-state index contributed by atoms with van der Waals surface area (Å²) >= 11 is 0. The molecule has 0 aliphatic carbocycles. The van der Waals surface area contributed by atoms with E-state index in [9.17, 15) is 5.26 Å². The van der Waals surface area contributed by atoms with Gasteiger partial charge >= 0.3 is 0 Å². The van der Waals surface area contributed by atoms with Gasteiger partial charge in [-0.1, -0.05) is 47.2 Å². The Bertz CT molecular complexity index is 854. The van der Waals surface area contributed by atoms with Crippen molar-refractivity contribution in [1.82, 2.24) is 15.0 Å². The average Bonchev–Trinajstić information content (AvgIpc) is 2.97. The summed E-state index contributed by atoms with van der Waals surface area (Å²) in [5.74, 6) is 0. The Labute approximate surface area is 136 Å². The maximum Gasteiger partial charge on any atom is 0.186 e. The summed E-state index contributed by atoms with van der Waals surface area (Å²) in [6, 6.07) is 18.7. The van der Waals surface area contributed by atoms with E-state index < -0.39 is 0 Å². The Balaban J connectivity index is 1.90. The molecule has 0 radical (unpaired) electrons. The van der Waals surface area contributed by atoms with Gasteiger partial charge in [0.1, 0.15) is 6.07 Å². The minimum absolute atomic E-state index is 0.401. The van der Waals surface area contributed by atoms with Gasteiger partial charge in [-0.05, 0) is 49.9 Å². The van der Waals surface area contributed by atoms with Crippen molar-refractivity contribution >= 4 is 0 Å². The molecule has 2 aromatic carbocycles. The molecule has 0 atom stereocenters. The number of aromatic nitrogens is 3. The lowest BCUT2D eigenvalue weighted by molar-refractivity contribution is 0.751. The Kier molecular flexibility index (Phi) is 4.20. The van der Waals surface area contributed by atoms with Gasteiger partial charge in [-0.2, -0.15) is 5.26 Å².